The van der Waals surface area contributed by atoms with Crippen molar-refractivity contribution in [3.05, 3.63) is 12.3 Å². The second kappa shape index (κ2) is 9.44. The minimum Gasteiger partial charge on any atom is -0.358 e. The first-order chi connectivity index (χ1) is 7.93. The molecule has 2 heteroatoms. The maximum Gasteiger partial charge on any atom is 0.109 e. The molecule has 0 aromatic rings. The van der Waals surface area contributed by atoms with Gasteiger partial charge in [-0.2, -0.15) is 0 Å². The predicted molar refractivity (Wildman–Crippen MR) is 71.8 cm³/mol. The largest absolute Gasteiger partial charge is 0.358 e. The summed E-state index contributed by atoms with van der Waals surface area (Å²) in [5.41, 5.74) is 0. The molecule has 0 unspecified atom stereocenters. The zero-order valence-corrected chi connectivity index (χ0v) is 10.7. The fourth-order valence-electron chi connectivity index (χ4n) is 2.01. The van der Waals surface area contributed by atoms with E-state index >= 15 is 0 Å². The van der Waals surface area contributed by atoms with Crippen LogP contribution in [0.1, 0.15) is 58.3 Å². The van der Waals surface area contributed by atoms with Crippen LogP contribution in [0, 0.1) is 0 Å². The van der Waals surface area contributed by atoms with E-state index in [2.05, 4.69) is 23.0 Å². The molecular formula is C14H26N2. The standard InChI is InChI=1S/C14H26N2/c1-2-3-4-5-6-7-8-9-12-16-13-10-11-15-14-16/h10-11,13H,2-9,12,14H2,1H3. The number of rotatable bonds is 9. The van der Waals surface area contributed by atoms with Crippen molar-refractivity contribution in [1.29, 1.82) is 0 Å². The minimum atomic E-state index is 0.854. The van der Waals surface area contributed by atoms with Crippen molar-refractivity contribution in [3.63, 3.8) is 0 Å². The summed E-state index contributed by atoms with van der Waals surface area (Å²) >= 11 is 0. The average molecular weight is 222 g/mol. The lowest BCUT2D eigenvalue weighted by Gasteiger charge is -2.19. The van der Waals surface area contributed by atoms with E-state index < -0.39 is 0 Å². The van der Waals surface area contributed by atoms with Crippen molar-refractivity contribution in [3.8, 4) is 0 Å². The quantitative estimate of drug-likeness (QED) is 0.539. The Morgan fingerprint density at radius 3 is 2.31 bits per heavy atom. The number of hydrogen-bond donors (Lipinski definition) is 0. The van der Waals surface area contributed by atoms with Gasteiger partial charge >= 0.3 is 0 Å². The molecule has 0 saturated heterocycles. The van der Waals surface area contributed by atoms with Gasteiger partial charge in [-0.05, 0) is 12.5 Å². The number of hydrogen-bond acceptors (Lipinski definition) is 2. The summed E-state index contributed by atoms with van der Waals surface area (Å²) < 4.78 is 0. The number of aliphatic imine (C=N–C) groups is 1. The van der Waals surface area contributed by atoms with Crippen LogP contribution in [0.5, 0.6) is 0 Å². The Kier molecular flexibility index (Phi) is 7.83. The third kappa shape index (κ3) is 6.65. The van der Waals surface area contributed by atoms with E-state index in [1.54, 1.807) is 0 Å². The van der Waals surface area contributed by atoms with Gasteiger partial charge in [-0.1, -0.05) is 51.9 Å². The molecule has 16 heavy (non-hydrogen) atoms. The van der Waals surface area contributed by atoms with E-state index in [-0.39, 0.29) is 0 Å². The summed E-state index contributed by atoms with van der Waals surface area (Å²) in [5, 5.41) is 0. The van der Waals surface area contributed by atoms with Crippen LogP contribution in [0.15, 0.2) is 17.3 Å². The second-order valence-electron chi connectivity index (χ2n) is 4.60. The highest BCUT2D eigenvalue weighted by Crippen LogP contribution is 2.09. The van der Waals surface area contributed by atoms with Crippen molar-refractivity contribution in [2.24, 2.45) is 4.99 Å². The molecule has 2 nitrogen and oxygen atoms in total. The van der Waals surface area contributed by atoms with Crippen LogP contribution in [0.4, 0.5) is 0 Å². The molecule has 1 aliphatic rings. The van der Waals surface area contributed by atoms with Crippen LogP contribution in [-0.4, -0.2) is 24.3 Å². The van der Waals surface area contributed by atoms with Crippen LogP contribution in [-0.2, 0) is 0 Å². The molecule has 0 spiro atoms. The topological polar surface area (TPSA) is 15.6 Å². The van der Waals surface area contributed by atoms with Crippen LogP contribution in [0.25, 0.3) is 0 Å². The molecule has 92 valence electrons. The van der Waals surface area contributed by atoms with Crippen LogP contribution < -0.4 is 0 Å². The summed E-state index contributed by atoms with van der Waals surface area (Å²) in [6, 6.07) is 0. The zero-order valence-electron chi connectivity index (χ0n) is 10.7. The van der Waals surface area contributed by atoms with Crippen molar-refractivity contribution >= 4 is 6.21 Å². The smallest absolute Gasteiger partial charge is 0.109 e. The van der Waals surface area contributed by atoms with Gasteiger partial charge in [-0.15, -0.1) is 0 Å². The minimum absolute atomic E-state index is 0.854. The average Bonchev–Trinajstić information content (AvgIpc) is 2.34. The second-order valence-corrected chi connectivity index (χ2v) is 4.60. The summed E-state index contributed by atoms with van der Waals surface area (Å²) in [7, 11) is 0. The van der Waals surface area contributed by atoms with Gasteiger partial charge in [0.15, 0.2) is 0 Å². The van der Waals surface area contributed by atoms with E-state index in [9.17, 15) is 0 Å². The summed E-state index contributed by atoms with van der Waals surface area (Å²) in [6.45, 7) is 4.30. The van der Waals surface area contributed by atoms with Crippen LogP contribution in [0.3, 0.4) is 0 Å². The Balaban J connectivity index is 1.81. The highest BCUT2D eigenvalue weighted by molar-refractivity contribution is 5.71. The molecule has 0 saturated carbocycles. The molecule has 0 atom stereocenters. The van der Waals surface area contributed by atoms with Gasteiger partial charge in [0.2, 0.25) is 0 Å². The monoisotopic (exact) mass is 222 g/mol. The van der Waals surface area contributed by atoms with Crippen molar-refractivity contribution < 1.29 is 0 Å². The molecule has 0 aromatic heterocycles. The third-order valence-electron chi connectivity index (χ3n) is 3.05. The van der Waals surface area contributed by atoms with E-state index in [4.69, 9.17) is 0 Å². The van der Waals surface area contributed by atoms with Gasteiger partial charge in [0.1, 0.15) is 6.67 Å². The number of allylic oxidation sites excluding steroid dienone is 1. The first-order valence-corrected chi connectivity index (χ1v) is 6.84. The molecular weight excluding hydrogens is 196 g/mol. The van der Waals surface area contributed by atoms with Crippen molar-refractivity contribution in [1.82, 2.24) is 4.90 Å². The fraction of sp³-hybridized carbons (Fsp3) is 0.786. The Hall–Kier alpha value is -0.790. The Labute approximate surface area is 100 Å². The highest BCUT2D eigenvalue weighted by atomic mass is 15.2. The fourth-order valence-corrected chi connectivity index (χ4v) is 2.01. The molecule has 1 heterocycles. The molecule has 0 bridgehead atoms. The third-order valence-corrected chi connectivity index (χ3v) is 3.05. The normalized spacial score (nSPS) is 14.7. The van der Waals surface area contributed by atoms with Crippen molar-refractivity contribution in [2.45, 2.75) is 58.3 Å². The van der Waals surface area contributed by atoms with Gasteiger partial charge in [-0.3, -0.25) is 4.99 Å². The summed E-state index contributed by atoms with van der Waals surface area (Å²) in [4.78, 5) is 6.51. The number of nitrogens with zero attached hydrogens (tertiary/aromatic N) is 2. The van der Waals surface area contributed by atoms with E-state index in [0.29, 0.717) is 0 Å². The van der Waals surface area contributed by atoms with Crippen molar-refractivity contribution in [2.75, 3.05) is 13.2 Å². The van der Waals surface area contributed by atoms with Gasteiger partial charge in [0.05, 0.1) is 0 Å². The molecule has 0 aromatic carbocycles. The van der Waals surface area contributed by atoms with Crippen LogP contribution in [0.2, 0.25) is 0 Å². The Morgan fingerprint density at radius 1 is 1.00 bits per heavy atom. The highest BCUT2D eigenvalue weighted by Gasteiger charge is 1.99. The lowest BCUT2D eigenvalue weighted by atomic mass is 10.1. The maximum absolute atomic E-state index is 4.22. The van der Waals surface area contributed by atoms with Gasteiger partial charge in [0.25, 0.3) is 0 Å². The molecule has 1 aliphatic heterocycles. The van der Waals surface area contributed by atoms with E-state index in [1.807, 2.05) is 12.3 Å². The van der Waals surface area contributed by atoms with Gasteiger partial charge in [0, 0.05) is 19.0 Å². The molecule has 1 rings (SSSR count). The summed E-state index contributed by atoms with van der Waals surface area (Å²) in [6.07, 6.45) is 17.2. The molecule has 0 aliphatic carbocycles. The lowest BCUT2D eigenvalue weighted by Crippen LogP contribution is -2.20. The van der Waals surface area contributed by atoms with Gasteiger partial charge < -0.3 is 4.90 Å². The van der Waals surface area contributed by atoms with E-state index in [0.717, 1.165) is 6.67 Å². The van der Waals surface area contributed by atoms with Crippen LogP contribution >= 0.6 is 0 Å². The van der Waals surface area contributed by atoms with Gasteiger partial charge in [-0.25, -0.2) is 0 Å². The first-order valence-electron chi connectivity index (χ1n) is 6.84. The molecule has 0 N–H and O–H groups in total. The maximum atomic E-state index is 4.22. The Morgan fingerprint density at radius 2 is 1.69 bits per heavy atom. The summed E-state index contributed by atoms with van der Waals surface area (Å²) in [5.74, 6) is 0. The first kappa shape index (κ1) is 13.3. The lowest BCUT2D eigenvalue weighted by molar-refractivity contribution is 0.370. The Bertz CT molecular complexity index is 209. The molecule has 0 fully saturated rings. The zero-order chi connectivity index (χ0) is 11.5. The molecule has 0 amide bonds. The molecule has 0 radical (unpaired) electrons. The van der Waals surface area contributed by atoms with E-state index in [1.165, 1.54) is 57.9 Å². The predicted octanol–water partition coefficient (Wildman–Crippen LogP) is 3.98. The number of unbranched alkanes of at least 4 members (excludes halogenated alkanes) is 7. The SMILES string of the molecule is CCCCCCCCCCN1C=CC=NC1.